The zero-order valence-electron chi connectivity index (χ0n) is 10.2. The maximum Gasteiger partial charge on any atom is 0.120 e. The fraction of sp³-hybridized carbons (Fsp3) is 0.692. The molecule has 0 radical (unpaired) electrons. The molecule has 2 rings (SSSR count). The van der Waals surface area contributed by atoms with E-state index in [1.807, 2.05) is 0 Å². The molecule has 4 heteroatoms. The number of halogens is 1. The topological polar surface area (TPSA) is 32.7 Å². The molecule has 0 aromatic heterocycles. The molecule has 1 N–H and O–H groups in total. The normalized spacial score (nSPS) is 25.1. The standard InChI is InChI=1S/C13H20INO2/c1-17-12-5-3-2-4-11(12)13(14)15-8-6-10(16)7-9-15/h4-5,10,13,16H,2-3,6-9H2,1H3. The summed E-state index contributed by atoms with van der Waals surface area (Å²) in [6.07, 6.45) is 8.33. The summed E-state index contributed by atoms with van der Waals surface area (Å²) in [4.78, 5) is 2.43. The number of hydrogen-bond acceptors (Lipinski definition) is 3. The Balaban J connectivity index is 2.01. The monoisotopic (exact) mass is 349 g/mol. The van der Waals surface area contributed by atoms with E-state index in [9.17, 15) is 5.11 Å². The van der Waals surface area contributed by atoms with Crippen molar-refractivity contribution in [2.24, 2.45) is 0 Å². The molecule has 1 atom stereocenters. The van der Waals surface area contributed by atoms with E-state index >= 15 is 0 Å². The van der Waals surface area contributed by atoms with E-state index in [4.69, 9.17) is 4.74 Å². The van der Waals surface area contributed by atoms with Crippen LogP contribution in [0.2, 0.25) is 0 Å². The Morgan fingerprint density at radius 3 is 2.65 bits per heavy atom. The van der Waals surface area contributed by atoms with Gasteiger partial charge in [0.1, 0.15) is 5.76 Å². The Labute approximate surface area is 117 Å². The van der Waals surface area contributed by atoms with Gasteiger partial charge in [-0.1, -0.05) is 28.7 Å². The van der Waals surface area contributed by atoms with Crippen LogP contribution in [0.3, 0.4) is 0 Å². The van der Waals surface area contributed by atoms with Crippen LogP contribution in [0.5, 0.6) is 0 Å². The number of alkyl halides is 1. The summed E-state index contributed by atoms with van der Waals surface area (Å²) in [5.74, 6) is 1.03. The summed E-state index contributed by atoms with van der Waals surface area (Å²) >= 11 is 2.48. The van der Waals surface area contributed by atoms with E-state index in [1.54, 1.807) is 7.11 Å². The highest BCUT2D eigenvalue weighted by Crippen LogP contribution is 2.30. The first-order chi connectivity index (χ1) is 8.22. The third-order valence-corrected chi connectivity index (χ3v) is 4.90. The molecule has 1 aliphatic carbocycles. The third-order valence-electron chi connectivity index (χ3n) is 3.44. The molecular formula is C13H20INO2. The van der Waals surface area contributed by atoms with Crippen LogP contribution in [-0.2, 0) is 4.74 Å². The number of allylic oxidation sites excluding steroid dienone is 2. The largest absolute Gasteiger partial charge is 0.497 e. The minimum Gasteiger partial charge on any atom is -0.497 e. The second-order valence-corrected chi connectivity index (χ2v) is 5.79. The lowest BCUT2D eigenvalue weighted by Gasteiger charge is -2.35. The summed E-state index contributed by atoms with van der Waals surface area (Å²) in [5.41, 5.74) is 1.30. The SMILES string of the molecule is COC1=CCCC=C1C(I)N1CCC(O)CC1. The van der Waals surface area contributed by atoms with Gasteiger partial charge in [0.25, 0.3) is 0 Å². The summed E-state index contributed by atoms with van der Waals surface area (Å²) < 4.78 is 5.82. The van der Waals surface area contributed by atoms with Crippen molar-refractivity contribution in [3.8, 4) is 0 Å². The molecule has 0 spiro atoms. The molecule has 0 aromatic carbocycles. The van der Waals surface area contributed by atoms with Gasteiger partial charge in [-0.05, 0) is 31.8 Å². The molecule has 1 saturated heterocycles. The van der Waals surface area contributed by atoms with Crippen molar-refractivity contribution in [3.05, 3.63) is 23.5 Å². The van der Waals surface area contributed by atoms with Crippen molar-refractivity contribution < 1.29 is 9.84 Å². The predicted octanol–water partition coefficient (Wildman–Crippen LogP) is 2.45. The number of ether oxygens (including phenoxy) is 1. The first-order valence-corrected chi connectivity index (χ1v) is 7.47. The molecule has 17 heavy (non-hydrogen) atoms. The molecule has 3 nitrogen and oxygen atoms in total. The second-order valence-electron chi connectivity index (χ2n) is 4.61. The highest BCUT2D eigenvalue weighted by Gasteiger charge is 2.27. The Kier molecular flexibility index (Phi) is 4.87. The number of aliphatic hydroxyl groups excluding tert-OH is 1. The van der Waals surface area contributed by atoms with Crippen LogP contribution in [0.4, 0.5) is 0 Å². The average molecular weight is 349 g/mol. The van der Waals surface area contributed by atoms with Crippen LogP contribution in [-0.4, -0.2) is 40.4 Å². The molecule has 1 fully saturated rings. The number of likely N-dealkylation sites (tertiary alicyclic amines) is 1. The van der Waals surface area contributed by atoms with Crippen LogP contribution in [0.1, 0.15) is 25.7 Å². The van der Waals surface area contributed by atoms with Gasteiger partial charge < -0.3 is 9.84 Å². The number of methoxy groups -OCH3 is 1. The number of nitrogens with zero attached hydrogens (tertiary/aromatic N) is 1. The molecule has 96 valence electrons. The highest BCUT2D eigenvalue weighted by atomic mass is 127. The van der Waals surface area contributed by atoms with Gasteiger partial charge in [-0.25, -0.2) is 0 Å². The number of rotatable bonds is 3. The fourth-order valence-electron chi connectivity index (χ4n) is 2.40. The number of hydrogen-bond donors (Lipinski definition) is 1. The highest BCUT2D eigenvalue weighted by molar-refractivity contribution is 14.1. The number of aliphatic hydroxyl groups is 1. The lowest BCUT2D eigenvalue weighted by atomic mass is 10.0. The van der Waals surface area contributed by atoms with E-state index in [1.165, 1.54) is 5.57 Å². The predicted molar refractivity (Wildman–Crippen MR) is 77.0 cm³/mol. The molecule has 0 bridgehead atoms. The van der Waals surface area contributed by atoms with Crippen molar-refractivity contribution >= 4 is 22.6 Å². The van der Waals surface area contributed by atoms with Gasteiger partial charge in [-0.2, -0.15) is 0 Å². The first-order valence-electron chi connectivity index (χ1n) is 6.23. The molecule has 2 aliphatic rings. The lowest BCUT2D eigenvalue weighted by Crippen LogP contribution is -2.41. The Hall–Kier alpha value is -0.0700. The summed E-state index contributed by atoms with van der Waals surface area (Å²) in [6.45, 7) is 1.95. The van der Waals surface area contributed by atoms with Crippen LogP contribution in [0, 0.1) is 0 Å². The van der Waals surface area contributed by atoms with Crippen LogP contribution in [0.25, 0.3) is 0 Å². The summed E-state index contributed by atoms with van der Waals surface area (Å²) in [5, 5.41) is 9.54. The number of piperidine rings is 1. The molecule has 0 saturated carbocycles. The third kappa shape index (κ3) is 3.23. The molecule has 0 amide bonds. The quantitative estimate of drug-likeness (QED) is 0.483. The van der Waals surface area contributed by atoms with Crippen LogP contribution >= 0.6 is 22.6 Å². The minimum absolute atomic E-state index is 0.104. The zero-order chi connectivity index (χ0) is 12.3. The summed E-state index contributed by atoms with van der Waals surface area (Å²) in [7, 11) is 1.74. The van der Waals surface area contributed by atoms with Crippen molar-refractivity contribution in [3.63, 3.8) is 0 Å². The van der Waals surface area contributed by atoms with Crippen molar-refractivity contribution in [1.82, 2.24) is 4.90 Å². The first kappa shape index (κ1) is 13.4. The van der Waals surface area contributed by atoms with Gasteiger partial charge >= 0.3 is 0 Å². The summed E-state index contributed by atoms with van der Waals surface area (Å²) in [6, 6.07) is 0. The van der Waals surface area contributed by atoms with E-state index in [2.05, 4.69) is 39.6 Å². The average Bonchev–Trinajstić information content (AvgIpc) is 2.39. The van der Waals surface area contributed by atoms with Gasteiger partial charge in [0.05, 0.1) is 17.3 Å². The molecule has 1 heterocycles. The maximum atomic E-state index is 9.54. The van der Waals surface area contributed by atoms with Crippen LogP contribution < -0.4 is 0 Å². The van der Waals surface area contributed by atoms with Crippen molar-refractivity contribution in [1.29, 1.82) is 0 Å². The Morgan fingerprint density at radius 1 is 1.35 bits per heavy atom. The van der Waals surface area contributed by atoms with Gasteiger partial charge in [-0.3, -0.25) is 4.90 Å². The molecule has 1 aliphatic heterocycles. The zero-order valence-corrected chi connectivity index (χ0v) is 12.4. The maximum absolute atomic E-state index is 9.54. The van der Waals surface area contributed by atoms with Crippen LogP contribution in [0.15, 0.2) is 23.5 Å². The van der Waals surface area contributed by atoms with E-state index in [0.717, 1.165) is 44.5 Å². The smallest absolute Gasteiger partial charge is 0.120 e. The van der Waals surface area contributed by atoms with E-state index in [0.29, 0.717) is 4.05 Å². The van der Waals surface area contributed by atoms with Gasteiger partial charge in [0.2, 0.25) is 0 Å². The fourth-order valence-corrected chi connectivity index (χ4v) is 3.51. The molecule has 0 aromatic rings. The molecule has 1 unspecified atom stereocenters. The van der Waals surface area contributed by atoms with Gasteiger partial charge in [-0.15, -0.1) is 0 Å². The van der Waals surface area contributed by atoms with E-state index in [-0.39, 0.29) is 6.10 Å². The Morgan fingerprint density at radius 2 is 2.00 bits per heavy atom. The minimum atomic E-state index is -0.104. The Bertz CT molecular complexity index is 319. The van der Waals surface area contributed by atoms with Gasteiger partial charge in [0.15, 0.2) is 0 Å². The second kappa shape index (κ2) is 6.20. The van der Waals surface area contributed by atoms with Crippen molar-refractivity contribution in [2.45, 2.75) is 35.8 Å². The van der Waals surface area contributed by atoms with Gasteiger partial charge in [0, 0.05) is 18.7 Å². The van der Waals surface area contributed by atoms with E-state index < -0.39 is 0 Å². The molecular weight excluding hydrogens is 329 g/mol. The lowest BCUT2D eigenvalue weighted by molar-refractivity contribution is 0.0835. The van der Waals surface area contributed by atoms with Crippen molar-refractivity contribution in [2.75, 3.05) is 20.2 Å².